The van der Waals surface area contributed by atoms with E-state index in [1.807, 2.05) is 12.1 Å². The van der Waals surface area contributed by atoms with E-state index in [0.717, 1.165) is 50.0 Å². The maximum Gasteiger partial charge on any atom is 0.251 e. The molecule has 0 spiro atoms. The molecule has 4 rings (SSSR count). The Labute approximate surface area is 181 Å². The fraction of sp³-hybridized carbons (Fsp3) is 0.348. The van der Waals surface area contributed by atoms with Gasteiger partial charge in [0.1, 0.15) is 23.1 Å². The second kappa shape index (κ2) is 9.61. The molecule has 2 aromatic carbocycles. The van der Waals surface area contributed by atoms with E-state index < -0.39 is 0 Å². The summed E-state index contributed by atoms with van der Waals surface area (Å²) in [6, 6.07) is 14.4. The number of phenolic OH excluding ortho intramolecular Hbond substituents is 1. The first-order valence-corrected chi connectivity index (χ1v) is 10.5. The number of aromatic hydroxyl groups is 1. The Balaban J connectivity index is 1.30. The number of fused-ring (bicyclic) bond motifs is 1. The predicted octanol–water partition coefficient (Wildman–Crippen LogP) is 2.02. The third-order valence-electron chi connectivity index (χ3n) is 5.52. The lowest BCUT2D eigenvalue weighted by atomic mass is 10.2. The largest absolute Gasteiger partial charge is 0.508 e. The second-order valence-corrected chi connectivity index (χ2v) is 7.61. The minimum absolute atomic E-state index is 0.113. The molecule has 3 aromatic rings. The molecule has 8 heteroatoms. The van der Waals surface area contributed by atoms with E-state index in [0.29, 0.717) is 18.5 Å². The zero-order valence-corrected chi connectivity index (χ0v) is 17.6. The average Bonchev–Trinajstić information content (AvgIpc) is 3.07. The molecule has 0 unspecified atom stereocenters. The molecule has 0 bridgehead atoms. The molecule has 1 aromatic heterocycles. The minimum Gasteiger partial charge on any atom is -0.508 e. The topological polar surface area (TPSA) is 92.5 Å². The third kappa shape index (κ3) is 5.21. The summed E-state index contributed by atoms with van der Waals surface area (Å²) in [4.78, 5) is 14.7. The molecule has 0 atom stereocenters. The summed E-state index contributed by atoms with van der Waals surface area (Å²) in [5.41, 5.74) is 1.78. The zero-order valence-electron chi connectivity index (χ0n) is 17.6. The quantitative estimate of drug-likeness (QED) is 0.606. The van der Waals surface area contributed by atoms with Crippen molar-refractivity contribution in [2.45, 2.75) is 25.9 Å². The van der Waals surface area contributed by atoms with Crippen molar-refractivity contribution in [1.29, 1.82) is 0 Å². The highest BCUT2D eigenvalue weighted by Gasteiger charge is 2.19. The lowest BCUT2D eigenvalue weighted by molar-refractivity contribution is 0.0954. The van der Waals surface area contributed by atoms with Gasteiger partial charge in [-0.25, -0.2) is 0 Å². The van der Waals surface area contributed by atoms with E-state index in [1.165, 1.54) is 5.56 Å². The van der Waals surface area contributed by atoms with Gasteiger partial charge in [-0.2, -0.15) is 0 Å². The molecule has 0 radical (unpaired) electrons. The van der Waals surface area contributed by atoms with Gasteiger partial charge in [0.05, 0.1) is 7.11 Å². The SMILES string of the molecule is COc1ccc(C(=O)NCCc2nnc3n2CCN(Cc2ccc(O)cc2)CC3)cc1. The van der Waals surface area contributed by atoms with Gasteiger partial charge in [0.2, 0.25) is 0 Å². The molecule has 1 aliphatic heterocycles. The number of hydrogen-bond donors (Lipinski definition) is 2. The van der Waals surface area contributed by atoms with Gasteiger partial charge < -0.3 is 19.7 Å². The lowest BCUT2D eigenvalue weighted by Gasteiger charge is -2.19. The maximum atomic E-state index is 12.3. The van der Waals surface area contributed by atoms with Crippen molar-refractivity contribution in [2.75, 3.05) is 26.7 Å². The van der Waals surface area contributed by atoms with Crippen molar-refractivity contribution in [2.24, 2.45) is 0 Å². The van der Waals surface area contributed by atoms with Crippen molar-refractivity contribution < 1.29 is 14.6 Å². The van der Waals surface area contributed by atoms with Crippen LogP contribution in [0, 0.1) is 0 Å². The highest BCUT2D eigenvalue weighted by Crippen LogP contribution is 2.15. The van der Waals surface area contributed by atoms with Gasteiger partial charge in [-0.1, -0.05) is 12.1 Å². The van der Waals surface area contributed by atoms with Gasteiger partial charge in [-0.15, -0.1) is 10.2 Å². The summed E-state index contributed by atoms with van der Waals surface area (Å²) in [6.45, 7) is 3.97. The van der Waals surface area contributed by atoms with Crippen molar-refractivity contribution in [3.63, 3.8) is 0 Å². The van der Waals surface area contributed by atoms with Gasteiger partial charge in [0, 0.05) is 51.1 Å². The number of nitrogens with one attached hydrogen (secondary N) is 1. The van der Waals surface area contributed by atoms with Gasteiger partial charge in [0.15, 0.2) is 0 Å². The third-order valence-corrected chi connectivity index (χ3v) is 5.52. The Morgan fingerprint density at radius 3 is 2.58 bits per heavy atom. The van der Waals surface area contributed by atoms with E-state index in [-0.39, 0.29) is 11.7 Å². The van der Waals surface area contributed by atoms with Crippen molar-refractivity contribution in [3.8, 4) is 11.5 Å². The molecule has 0 fully saturated rings. The smallest absolute Gasteiger partial charge is 0.251 e. The van der Waals surface area contributed by atoms with Crippen molar-refractivity contribution in [1.82, 2.24) is 25.0 Å². The summed E-state index contributed by atoms with van der Waals surface area (Å²) in [5, 5.41) is 21.1. The van der Waals surface area contributed by atoms with Crippen LogP contribution in [0.15, 0.2) is 48.5 Å². The van der Waals surface area contributed by atoms with Crippen LogP contribution in [0.2, 0.25) is 0 Å². The van der Waals surface area contributed by atoms with Crippen LogP contribution in [0.3, 0.4) is 0 Å². The molecule has 1 aliphatic rings. The van der Waals surface area contributed by atoms with Crippen molar-refractivity contribution >= 4 is 5.91 Å². The number of hydrogen-bond acceptors (Lipinski definition) is 6. The summed E-state index contributed by atoms with van der Waals surface area (Å²) >= 11 is 0. The number of amides is 1. The predicted molar refractivity (Wildman–Crippen MR) is 116 cm³/mol. The number of carbonyl (C=O) groups is 1. The fourth-order valence-electron chi connectivity index (χ4n) is 3.76. The Morgan fingerprint density at radius 1 is 1.06 bits per heavy atom. The number of nitrogens with zero attached hydrogens (tertiary/aromatic N) is 4. The second-order valence-electron chi connectivity index (χ2n) is 7.61. The first-order chi connectivity index (χ1) is 15.1. The lowest BCUT2D eigenvalue weighted by Crippen LogP contribution is -2.28. The van der Waals surface area contributed by atoms with Crippen LogP contribution in [0.4, 0.5) is 0 Å². The molecule has 8 nitrogen and oxygen atoms in total. The van der Waals surface area contributed by atoms with Crippen molar-refractivity contribution in [3.05, 3.63) is 71.3 Å². The van der Waals surface area contributed by atoms with Gasteiger partial charge in [-0.05, 0) is 42.0 Å². The average molecular weight is 422 g/mol. The number of methoxy groups -OCH3 is 1. The molecular weight excluding hydrogens is 394 g/mol. The molecule has 31 heavy (non-hydrogen) atoms. The van der Waals surface area contributed by atoms with Crippen LogP contribution in [0.25, 0.3) is 0 Å². The summed E-state index contributed by atoms with van der Waals surface area (Å²) < 4.78 is 7.30. The zero-order chi connectivity index (χ0) is 21.6. The summed E-state index contributed by atoms with van der Waals surface area (Å²) in [5.74, 6) is 2.79. The maximum absolute atomic E-state index is 12.3. The van der Waals surface area contributed by atoms with Gasteiger partial charge in [0.25, 0.3) is 5.91 Å². The number of phenols is 1. The highest BCUT2D eigenvalue weighted by atomic mass is 16.5. The minimum atomic E-state index is -0.113. The van der Waals surface area contributed by atoms with Crippen LogP contribution >= 0.6 is 0 Å². The molecule has 2 N–H and O–H groups in total. The van der Waals surface area contributed by atoms with E-state index >= 15 is 0 Å². The first kappa shape index (κ1) is 20.9. The monoisotopic (exact) mass is 421 g/mol. The van der Waals surface area contributed by atoms with Crippen LogP contribution in [-0.2, 0) is 25.9 Å². The Morgan fingerprint density at radius 2 is 1.84 bits per heavy atom. The molecule has 2 heterocycles. The Kier molecular flexibility index (Phi) is 6.47. The number of benzene rings is 2. The van der Waals surface area contributed by atoms with Gasteiger partial charge >= 0.3 is 0 Å². The fourth-order valence-corrected chi connectivity index (χ4v) is 3.76. The Bertz CT molecular complexity index is 1010. The summed E-state index contributed by atoms with van der Waals surface area (Å²) in [6.07, 6.45) is 1.47. The Hall–Kier alpha value is -3.39. The number of aromatic nitrogens is 3. The molecule has 0 saturated heterocycles. The van der Waals surface area contributed by atoms with E-state index in [4.69, 9.17) is 4.74 Å². The van der Waals surface area contributed by atoms with Crippen LogP contribution < -0.4 is 10.1 Å². The van der Waals surface area contributed by atoms with E-state index in [1.54, 1.807) is 43.5 Å². The number of ether oxygens (including phenoxy) is 1. The molecule has 162 valence electrons. The van der Waals surface area contributed by atoms with E-state index in [2.05, 4.69) is 25.0 Å². The summed E-state index contributed by atoms with van der Waals surface area (Å²) in [7, 11) is 1.60. The molecule has 1 amide bonds. The van der Waals surface area contributed by atoms with Gasteiger partial charge in [-0.3, -0.25) is 9.69 Å². The van der Waals surface area contributed by atoms with Crippen LogP contribution in [0.5, 0.6) is 11.5 Å². The van der Waals surface area contributed by atoms with Crippen LogP contribution in [-0.4, -0.2) is 57.4 Å². The highest BCUT2D eigenvalue weighted by molar-refractivity contribution is 5.94. The van der Waals surface area contributed by atoms with Crippen LogP contribution in [0.1, 0.15) is 27.6 Å². The molecule has 0 aliphatic carbocycles. The molecule has 0 saturated carbocycles. The number of rotatable bonds is 7. The number of carbonyl (C=O) groups excluding carboxylic acids is 1. The normalized spacial score (nSPS) is 14.0. The standard InChI is InChI=1S/C23H27N5O3/c1-31-20-8-4-18(5-9-20)23(30)24-12-10-21-25-26-22-11-13-27(14-15-28(21)22)16-17-2-6-19(29)7-3-17/h2-9,29H,10-16H2,1H3,(H,24,30). The first-order valence-electron chi connectivity index (χ1n) is 10.5. The van der Waals surface area contributed by atoms with E-state index in [9.17, 15) is 9.90 Å². The molecular formula is C23H27N5O3.